The fraction of sp³-hybridized carbons (Fsp3) is 0.174. The second-order valence-electron chi connectivity index (χ2n) is 6.78. The third kappa shape index (κ3) is 5.18. The fourth-order valence-corrected chi connectivity index (χ4v) is 3.76. The Morgan fingerprint density at radius 1 is 0.839 bits per heavy atom. The van der Waals surface area contributed by atoms with E-state index < -0.39 is 12.1 Å². The predicted octanol–water partition coefficient (Wildman–Crippen LogP) is 6.94. The fourth-order valence-electron chi connectivity index (χ4n) is 3.09. The van der Waals surface area contributed by atoms with E-state index in [-0.39, 0.29) is 13.2 Å². The number of esters is 1. The van der Waals surface area contributed by atoms with Gasteiger partial charge in [0, 0.05) is 38.0 Å². The van der Waals surface area contributed by atoms with Crippen molar-refractivity contribution in [1.82, 2.24) is 0 Å². The quantitative estimate of drug-likeness (QED) is 0.212. The number of ether oxygens (including phenoxy) is 3. The molecule has 0 fully saturated rings. The number of halogens is 3. The summed E-state index contributed by atoms with van der Waals surface area (Å²) in [5, 5.41) is 3.42. The summed E-state index contributed by atoms with van der Waals surface area (Å²) in [6.07, 6.45) is -0.808. The van der Waals surface area contributed by atoms with Crippen LogP contribution in [-0.4, -0.2) is 25.3 Å². The largest absolute Gasteiger partial charge is 0.490 e. The number of furan rings is 1. The first-order chi connectivity index (χ1) is 14.9. The van der Waals surface area contributed by atoms with Crippen LogP contribution in [0.4, 0.5) is 0 Å². The molecule has 3 aromatic carbocycles. The highest BCUT2D eigenvalue weighted by atomic mass is 35.5. The molecule has 0 amide bonds. The van der Waals surface area contributed by atoms with Crippen LogP contribution in [-0.2, 0) is 9.53 Å². The van der Waals surface area contributed by atoms with Gasteiger partial charge in [0.05, 0.1) is 0 Å². The highest BCUT2D eigenvalue weighted by Crippen LogP contribution is 2.33. The van der Waals surface area contributed by atoms with Crippen molar-refractivity contribution in [2.75, 3.05) is 13.2 Å². The van der Waals surface area contributed by atoms with Gasteiger partial charge in [-0.15, -0.1) is 0 Å². The van der Waals surface area contributed by atoms with Gasteiger partial charge in [-0.2, -0.15) is 0 Å². The second kappa shape index (κ2) is 9.27. The maximum Gasteiger partial charge on any atom is 0.347 e. The van der Waals surface area contributed by atoms with Crippen LogP contribution in [0.25, 0.3) is 21.9 Å². The zero-order valence-electron chi connectivity index (χ0n) is 16.4. The van der Waals surface area contributed by atoms with Crippen molar-refractivity contribution in [3.8, 4) is 11.5 Å². The zero-order chi connectivity index (χ0) is 22.0. The number of fused-ring (bicyclic) bond motifs is 3. The standard InChI is InChI=1S/C23H17Cl3O5/c1-13(23(27)29-7-6-28-18-9-15(25)8-16(26)10-18)30-17-3-5-20-19-4-2-14(24)11-21(19)31-22(20)12-17/h2-5,8-13H,6-7H2,1H3. The Bertz CT molecular complexity index is 1230. The molecule has 160 valence electrons. The molecule has 0 aliphatic carbocycles. The lowest BCUT2D eigenvalue weighted by Crippen LogP contribution is -2.27. The molecule has 8 heteroatoms. The molecular formula is C23H17Cl3O5. The van der Waals surface area contributed by atoms with Gasteiger partial charge in [0.1, 0.15) is 35.9 Å². The van der Waals surface area contributed by atoms with Gasteiger partial charge >= 0.3 is 5.97 Å². The van der Waals surface area contributed by atoms with Crippen molar-refractivity contribution in [3.05, 3.63) is 69.7 Å². The highest BCUT2D eigenvalue weighted by molar-refractivity contribution is 6.34. The van der Waals surface area contributed by atoms with Crippen LogP contribution in [0.2, 0.25) is 15.1 Å². The summed E-state index contributed by atoms with van der Waals surface area (Å²) in [4.78, 5) is 12.2. The molecule has 0 spiro atoms. The van der Waals surface area contributed by atoms with Gasteiger partial charge in [0.15, 0.2) is 6.10 Å². The van der Waals surface area contributed by atoms with Gasteiger partial charge in [-0.25, -0.2) is 4.79 Å². The van der Waals surface area contributed by atoms with Gasteiger partial charge in [0.25, 0.3) is 0 Å². The van der Waals surface area contributed by atoms with Gasteiger partial charge in [0.2, 0.25) is 0 Å². The van der Waals surface area contributed by atoms with Crippen molar-refractivity contribution in [3.63, 3.8) is 0 Å². The minimum Gasteiger partial charge on any atom is -0.490 e. The Hall–Kier alpha value is -2.60. The smallest absolute Gasteiger partial charge is 0.347 e. The summed E-state index contributed by atoms with van der Waals surface area (Å²) in [5.74, 6) is 0.481. The lowest BCUT2D eigenvalue weighted by molar-refractivity contribution is -0.151. The molecule has 31 heavy (non-hydrogen) atoms. The molecule has 0 saturated carbocycles. The topological polar surface area (TPSA) is 57.9 Å². The number of rotatable bonds is 7. The number of hydrogen-bond donors (Lipinski definition) is 0. The van der Waals surface area contributed by atoms with Crippen LogP contribution in [0.5, 0.6) is 11.5 Å². The molecule has 1 unspecified atom stereocenters. The molecule has 4 rings (SSSR count). The lowest BCUT2D eigenvalue weighted by atomic mass is 10.1. The van der Waals surface area contributed by atoms with E-state index in [1.807, 2.05) is 18.2 Å². The molecular weight excluding hydrogens is 463 g/mol. The molecule has 1 aromatic heterocycles. The van der Waals surface area contributed by atoms with Gasteiger partial charge in [-0.3, -0.25) is 0 Å². The average Bonchev–Trinajstić information content (AvgIpc) is 3.06. The molecule has 0 N–H and O–H groups in total. The molecule has 4 aromatic rings. The van der Waals surface area contributed by atoms with Crippen molar-refractivity contribution < 1.29 is 23.4 Å². The van der Waals surface area contributed by atoms with E-state index >= 15 is 0 Å². The maximum atomic E-state index is 12.2. The number of hydrogen-bond acceptors (Lipinski definition) is 5. The Morgan fingerprint density at radius 3 is 2.26 bits per heavy atom. The van der Waals surface area contributed by atoms with Crippen LogP contribution in [0, 0.1) is 0 Å². The summed E-state index contributed by atoms with van der Waals surface area (Å²) >= 11 is 17.9. The van der Waals surface area contributed by atoms with E-state index in [2.05, 4.69) is 0 Å². The molecule has 0 bridgehead atoms. The van der Waals surface area contributed by atoms with Crippen molar-refractivity contribution in [2.45, 2.75) is 13.0 Å². The van der Waals surface area contributed by atoms with Gasteiger partial charge in [-0.1, -0.05) is 34.8 Å². The Morgan fingerprint density at radius 2 is 1.52 bits per heavy atom. The third-order valence-corrected chi connectivity index (χ3v) is 5.16. The Balaban J connectivity index is 1.32. The van der Waals surface area contributed by atoms with E-state index in [1.165, 1.54) is 0 Å². The van der Waals surface area contributed by atoms with E-state index in [4.69, 9.17) is 53.4 Å². The van der Waals surface area contributed by atoms with Crippen LogP contribution < -0.4 is 9.47 Å². The van der Waals surface area contributed by atoms with Crippen LogP contribution >= 0.6 is 34.8 Å². The van der Waals surface area contributed by atoms with E-state index in [0.29, 0.717) is 37.7 Å². The monoisotopic (exact) mass is 478 g/mol. The van der Waals surface area contributed by atoms with Crippen molar-refractivity contribution >= 4 is 62.7 Å². The van der Waals surface area contributed by atoms with Crippen LogP contribution in [0.3, 0.4) is 0 Å². The summed E-state index contributed by atoms with van der Waals surface area (Å²) in [6, 6.07) is 15.7. The zero-order valence-corrected chi connectivity index (χ0v) is 18.6. The number of carbonyl (C=O) groups excluding carboxylic acids is 1. The Kier molecular flexibility index (Phi) is 6.46. The molecule has 1 heterocycles. The molecule has 0 aliphatic rings. The Labute approximate surface area is 193 Å². The SMILES string of the molecule is CC(Oc1ccc2c(c1)oc1cc(Cl)ccc12)C(=O)OCCOc1cc(Cl)cc(Cl)c1. The second-order valence-corrected chi connectivity index (χ2v) is 8.09. The highest BCUT2D eigenvalue weighted by Gasteiger charge is 2.17. The van der Waals surface area contributed by atoms with Crippen molar-refractivity contribution in [1.29, 1.82) is 0 Å². The molecule has 0 saturated heterocycles. The number of carbonyl (C=O) groups is 1. The molecule has 5 nitrogen and oxygen atoms in total. The minimum atomic E-state index is -0.808. The summed E-state index contributed by atoms with van der Waals surface area (Å²) in [6.45, 7) is 1.82. The van der Waals surface area contributed by atoms with Crippen LogP contribution in [0.1, 0.15) is 6.92 Å². The molecule has 1 atom stereocenters. The summed E-state index contributed by atoms with van der Waals surface area (Å²) in [7, 11) is 0. The van der Waals surface area contributed by atoms with Crippen molar-refractivity contribution in [2.24, 2.45) is 0 Å². The average molecular weight is 480 g/mol. The third-order valence-electron chi connectivity index (χ3n) is 4.48. The van der Waals surface area contributed by atoms with E-state index in [1.54, 1.807) is 43.3 Å². The van der Waals surface area contributed by atoms with Gasteiger partial charge in [-0.05, 0) is 49.4 Å². The minimum absolute atomic E-state index is 0.0556. The predicted molar refractivity (Wildman–Crippen MR) is 122 cm³/mol. The first-order valence-electron chi connectivity index (χ1n) is 9.43. The number of benzene rings is 3. The van der Waals surface area contributed by atoms with Gasteiger partial charge < -0.3 is 18.6 Å². The normalized spacial score (nSPS) is 12.1. The lowest BCUT2D eigenvalue weighted by Gasteiger charge is -2.14. The molecule has 0 aliphatic heterocycles. The van der Waals surface area contributed by atoms with E-state index in [9.17, 15) is 4.79 Å². The first kappa shape index (κ1) is 21.6. The van der Waals surface area contributed by atoms with E-state index in [0.717, 1.165) is 10.8 Å². The van der Waals surface area contributed by atoms with Crippen LogP contribution in [0.15, 0.2) is 59.0 Å². The molecule has 0 radical (unpaired) electrons. The summed E-state index contributed by atoms with van der Waals surface area (Å²) in [5.41, 5.74) is 1.33. The summed E-state index contributed by atoms with van der Waals surface area (Å²) < 4.78 is 22.3. The first-order valence-corrected chi connectivity index (χ1v) is 10.6. The maximum absolute atomic E-state index is 12.2.